The molecule has 8 nitrogen and oxygen atoms in total. The summed E-state index contributed by atoms with van der Waals surface area (Å²) in [6, 6.07) is 9.32. The molecule has 3 aromatic rings. The van der Waals surface area contributed by atoms with Crippen LogP contribution in [0.3, 0.4) is 0 Å². The fourth-order valence-corrected chi connectivity index (χ4v) is 3.63. The fraction of sp³-hybridized carbons (Fsp3) is 0.267. The van der Waals surface area contributed by atoms with E-state index in [4.69, 9.17) is 5.73 Å². The minimum absolute atomic E-state index is 0.0569. The Labute approximate surface area is 138 Å². The first-order valence-corrected chi connectivity index (χ1v) is 9.10. The first-order valence-electron chi connectivity index (χ1n) is 7.45. The maximum atomic E-state index is 12.2. The summed E-state index contributed by atoms with van der Waals surface area (Å²) >= 11 is 0. The number of nitrogens with one attached hydrogen (secondary N) is 1. The smallest absolute Gasteiger partial charge is 0.328 e. The number of nitrogens with two attached hydrogens (primary N) is 1. The molecule has 0 saturated carbocycles. The third-order valence-corrected chi connectivity index (χ3v) is 5.25. The predicted octanol–water partition coefficient (Wildman–Crippen LogP) is 0.934. The second kappa shape index (κ2) is 6.08. The number of fused-ring (bicyclic) bond motifs is 1. The zero-order valence-corrected chi connectivity index (χ0v) is 13.9. The van der Waals surface area contributed by atoms with Crippen molar-refractivity contribution in [2.45, 2.75) is 25.0 Å². The Hall–Kier alpha value is -2.68. The largest absolute Gasteiger partial charge is 0.382 e. The van der Waals surface area contributed by atoms with E-state index in [2.05, 4.69) is 15.0 Å². The first kappa shape index (κ1) is 16.2. The molecule has 1 aromatic carbocycles. The lowest BCUT2D eigenvalue weighted by atomic mass is 10.2. The van der Waals surface area contributed by atoms with Crippen LogP contribution in [0, 0.1) is 0 Å². The van der Waals surface area contributed by atoms with Gasteiger partial charge in [-0.2, -0.15) is 9.97 Å². The Bertz CT molecular complexity index is 1040. The number of imidazole rings is 1. The summed E-state index contributed by atoms with van der Waals surface area (Å²) in [5.74, 6) is -0.135. The summed E-state index contributed by atoms with van der Waals surface area (Å²) in [4.78, 5) is 22.7. The molecule has 3 N–H and O–H groups in total. The Morgan fingerprint density at radius 1 is 1.21 bits per heavy atom. The van der Waals surface area contributed by atoms with Gasteiger partial charge in [-0.3, -0.25) is 4.57 Å². The zero-order valence-electron chi connectivity index (χ0n) is 13.1. The van der Waals surface area contributed by atoms with E-state index < -0.39 is 15.5 Å². The molecule has 0 saturated heterocycles. The fourth-order valence-electron chi connectivity index (χ4n) is 2.44. The van der Waals surface area contributed by atoms with Gasteiger partial charge in [-0.15, -0.1) is 0 Å². The topological polar surface area (TPSA) is 124 Å². The first-order chi connectivity index (χ1) is 11.4. The van der Waals surface area contributed by atoms with Crippen LogP contribution in [0.25, 0.3) is 11.2 Å². The molecule has 0 unspecified atom stereocenters. The molecule has 2 aromatic heterocycles. The molecule has 0 aliphatic carbocycles. The maximum Gasteiger partial charge on any atom is 0.328 e. The van der Waals surface area contributed by atoms with Gasteiger partial charge < -0.3 is 10.7 Å². The van der Waals surface area contributed by atoms with E-state index in [1.54, 1.807) is 6.92 Å². The predicted molar refractivity (Wildman–Crippen MR) is 90.4 cm³/mol. The summed E-state index contributed by atoms with van der Waals surface area (Å²) in [5, 5.41) is -0.352. The Kier molecular flexibility index (Phi) is 4.10. The van der Waals surface area contributed by atoms with Crippen LogP contribution in [0.4, 0.5) is 5.82 Å². The van der Waals surface area contributed by atoms with Gasteiger partial charge in [-0.25, -0.2) is 13.2 Å². The molecule has 0 aliphatic rings. The van der Waals surface area contributed by atoms with Crippen LogP contribution >= 0.6 is 0 Å². The molecule has 0 radical (unpaired) electrons. The number of H-pyrrole nitrogens is 1. The standard InChI is InChI=1S/C15H17N5O3S/c1-2-8-24(22,23)14-18-12(16)11-13(19-14)20(15(21)17-11)9-10-6-4-3-5-7-10/h3-7H,2,8-9H2,1H3,(H,17,21)(H2,16,18,19). The summed E-state index contributed by atoms with van der Waals surface area (Å²) in [5.41, 5.74) is 6.72. The second-order valence-electron chi connectivity index (χ2n) is 5.41. The highest BCUT2D eigenvalue weighted by Crippen LogP contribution is 2.18. The number of anilines is 1. The molecule has 0 bridgehead atoms. The van der Waals surface area contributed by atoms with E-state index in [1.165, 1.54) is 4.57 Å². The van der Waals surface area contributed by atoms with E-state index in [9.17, 15) is 13.2 Å². The Morgan fingerprint density at radius 2 is 1.92 bits per heavy atom. The van der Waals surface area contributed by atoms with Gasteiger partial charge in [0.15, 0.2) is 11.5 Å². The molecule has 126 valence electrons. The molecule has 24 heavy (non-hydrogen) atoms. The lowest BCUT2D eigenvalue weighted by molar-refractivity contribution is 0.586. The van der Waals surface area contributed by atoms with Crippen molar-refractivity contribution in [2.24, 2.45) is 0 Å². The van der Waals surface area contributed by atoms with Gasteiger partial charge in [-0.1, -0.05) is 37.3 Å². The molecule has 9 heteroatoms. The van der Waals surface area contributed by atoms with Crippen molar-refractivity contribution in [3.8, 4) is 0 Å². The van der Waals surface area contributed by atoms with Crippen LogP contribution in [0.5, 0.6) is 0 Å². The van der Waals surface area contributed by atoms with Crippen LogP contribution < -0.4 is 11.4 Å². The number of hydrogen-bond donors (Lipinski definition) is 2. The van der Waals surface area contributed by atoms with Crippen molar-refractivity contribution in [1.82, 2.24) is 19.5 Å². The average Bonchev–Trinajstić information content (AvgIpc) is 2.85. The summed E-state index contributed by atoms with van der Waals surface area (Å²) < 4.78 is 25.8. The van der Waals surface area contributed by atoms with E-state index in [0.29, 0.717) is 6.42 Å². The van der Waals surface area contributed by atoms with Crippen LogP contribution in [-0.2, 0) is 16.4 Å². The van der Waals surface area contributed by atoms with Crippen molar-refractivity contribution < 1.29 is 8.42 Å². The highest BCUT2D eigenvalue weighted by Gasteiger charge is 2.22. The normalized spacial score (nSPS) is 11.9. The Balaban J connectivity index is 2.18. The third kappa shape index (κ3) is 2.90. The van der Waals surface area contributed by atoms with Gasteiger partial charge in [0.2, 0.25) is 9.84 Å². The zero-order chi connectivity index (χ0) is 17.3. The highest BCUT2D eigenvalue weighted by molar-refractivity contribution is 7.91. The lowest BCUT2D eigenvalue weighted by Gasteiger charge is -2.06. The second-order valence-corrected chi connectivity index (χ2v) is 7.41. The molecule has 3 rings (SSSR count). The molecule has 2 heterocycles. The summed E-state index contributed by atoms with van der Waals surface area (Å²) in [6.07, 6.45) is 0.438. The monoisotopic (exact) mass is 347 g/mol. The van der Waals surface area contributed by atoms with Crippen molar-refractivity contribution >= 4 is 26.8 Å². The molecule has 0 amide bonds. The number of aromatic amines is 1. The van der Waals surface area contributed by atoms with Crippen molar-refractivity contribution in [1.29, 1.82) is 0 Å². The van der Waals surface area contributed by atoms with Crippen molar-refractivity contribution in [3.63, 3.8) is 0 Å². The van der Waals surface area contributed by atoms with Crippen molar-refractivity contribution in [2.75, 3.05) is 11.5 Å². The van der Waals surface area contributed by atoms with Gasteiger partial charge in [0.05, 0.1) is 12.3 Å². The lowest BCUT2D eigenvalue weighted by Crippen LogP contribution is -2.18. The number of aromatic nitrogens is 4. The SMILES string of the molecule is CCCS(=O)(=O)c1nc(N)c2[nH]c(=O)n(Cc3ccccc3)c2n1. The van der Waals surface area contributed by atoms with Gasteiger partial charge in [-0.05, 0) is 12.0 Å². The van der Waals surface area contributed by atoms with Crippen LogP contribution in [0.2, 0.25) is 0 Å². The van der Waals surface area contributed by atoms with Crippen LogP contribution in [-0.4, -0.2) is 33.7 Å². The van der Waals surface area contributed by atoms with E-state index in [1.807, 2.05) is 30.3 Å². The van der Waals surface area contributed by atoms with Crippen LogP contribution in [0.15, 0.2) is 40.3 Å². The highest BCUT2D eigenvalue weighted by atomic mass is 32.2. The van der Waals surface area contributed by atoms with E-state index >= 15 is 0 Å². The van der Waals surface area contributed by atoms with Gasteiger partial charge in [0.1, 0.15) is 5.52 Å². The number of benzene rings is 1. The van der Waals surface area contributed by atoms with Gasteiger partial charge in [0.25, 0.3) is 5.16 Å². The summed E-state index contributed by atoms with van der Waals surface area (Å²) in [7, 11) is -3.64. The minimum Gasteiger partial charge on any atom is -0.382 e. The van der Waals surface area contributed by atoms with E-state index in [0.717, 1.165) is 5.56 Å². The van der Waals surface area contributed by atoms with Gasteiger partial charge in [0, 0.05) is 0 Å². The molecular formula is C15H17N5O3S. The molecule has 0 atom stereocenters. The summed E-state index contributed by atoms with van der Waals surface area (Å²) in [6.45, 7) is 2.00. The number of rotatable bonds is 5. The maximum absolute atomic E-state index is 12.2. The molecule has 0 fully saturated rings. The quantitative estimate of drug-likeness (QED) is 0.662. The number of hydrogen-bond acceptors (Lipinski definition) is 6. The molecule has 0 spiro atoms. The van der Waals surface area contributed by atoms with Crippen LogP contribution in [0.1, 0.15) is 18.9 Å². The molecule has 0 aliphatic heterocycles. The number of sulfone groups is 1. The van der Waals surface area contributed by atoms with Crippen molar-refractivity contribution in [3.05, 3.63) is 46.4 Å². The number of nitrogen functional groups attached to an aromatic ring is 1. The van der Waals surface area contributed by atoms with E-state index in [-0.39, 0.29) is 34.4 Å². The minimum atomic E-state index is -3.64. The Morgan fingerprint density at radius 3 is 2.58 bits per heavy atom. The third-order valence-electron chi connectivity index (χ3n) is 3.56. The average molecular weight is 347 g/mol. The number of nitrogens with zero attached hydrogens (tertiary/aromatic N) is 3. The molecular weight excluding hydrogens is 330 g/mol. The van der Waals surface area contributed by atoms with Gasteiger partial charge >= 0.3 is 5.69 Å².